The standard InChI is InChI=1S/C11H14ClNO/c1-14-10-6-5-8(12)11-7(10)3-2-4-9(11)13/h5-6,9H,2-4,13H2,1H3/t9-/m0/s1. The number of benzene rings is 1. The molecule has 2 nitrogen and oxygen atoms in total. The molecule has 2 N–H and O–H groups in total. The Balaban J connectivity index is 2.57. The van der Waals surface area contributed by atoms with Crippen LogP contribution in [0.3, 0.4) is 0 Å². The lowest BCUT2D eigenvalue weighted by Gasteiger charge is -2.25. The molecule has 3 heteroatoms. The largest absolute Gasteiger partial charge is 0.496 e. The van der Waals surface area contributed by atoms with E-state index in [0.717, 1.165) is 35.6 Å². The van der Waals surface area contributed by atoms with Gasteiger partial charge in [0.15, 0.2) is 0 Å². The quantitative estimate of drug-likeness (QED) is 0.775. The Morgan fingerprint density at radius 3 is 3.00 bits per heavy atom. The van der Waals surface area contributed by atoms with Crippen molar-refractivity contribution in [3.8, 4) is 5.75 Å². The summed E-state index contributed by atoms with van der Waals surface area (Å²) >= 11 is 6.13. The molecule has 0 aliphatic heterocycles. The zero-order valence-corrected chi connectivity index (χ0v) is 8.97. The molecule has 1 aliphatic rings. The first-order valence-corrected chi connectivity index (χ1v) is 5.22. The normalized spacial score (nSPS) is 20.4. The molecule has 1 atom stereocenters. The molecule has 0 saturated heterocycles. The first-order valence-electron chi connectivity index (χ1n) is 4.85. The van der Waals surface area contributed by atoms with Gasteiger partial charge in [-0.1, -0.05) is 11.6 Å². The summed E-state index contributed by atoms with van der Waals surface area (Å²) in [5, 5.41) is 0.771. The van der Waals surface area contributed by atoms with Crippen molar-refractivity contribution in [1.82, 2.24) is 0 Å². The highest BCUT2D eigenvalue weighted by Gasteiger charge is 2.22. The maximum Gasteiger partial charge on any atom is 0.122 e. The van der Waals surface area contributed by atoms with Gasteiger partial charge in [-0.2, -0.15) is 0 Å². The molecule has 0 unspecified atom stereocenters. The minimum Gasteiger partial charge on any atom is -0.496 e. The van der Waals surface area contributed by atoms with Gasteiger partial charge in [-0.15, -0.1) is 0 Å². The van der Waals surface area contributed by atoms with Crippen molar-refractivity contribution >= 4 is 11.6 Å². The second kappa shape index (κ2) is 3.79. The molecular formula is C11H14ClNO. The van der Waals surface area contributed by atoms with Crippen LogP contribution in [0.4, 0.5) is 0 Å². The van der Waals surface area contributed by atoms with Crippen molar-refractivity contribution in [3.05, 3.63) is 28.3 Å². The van der Waals surface area contributed by atoms with Crippen molar-refractivity contribution in [2.24, 2.45) is 5.73 Å². The number of rotatable bonds is 1. The van der Waals surface area contributed by atoms with E-state index in [2.05, 4.69) is 0 Å². The second-order valence-corrected chi connectivity index (χ2v) is 4.05. The van der Waals surface area contributed by atoms with Gasteiger partial charge in [0.1, 0.15) is 5.75 Å². The Kier molecular flexibility index (Phi) is 2.66. The highest BCUT2D eigenvalue weighted by Crippen LogP contribution is 2.38. The van der Waals surface area contributed by atoms with Gasteiger partial charge in [-0.3, -0.25) is 0 Å². The number of ether oxygens (including phenoxy) is 1. The monoisotopic (exact) mass is 211 g/mol. The van der Waals surface area contributed by atoms with Crippen LogP contribution in [0.2, 0.25) is 5.02 Å². The molecule has 1 aliphatic carbocycles. The maximum absolute atomic E-state index is 6.13. The Bertz CT molecular complexity index is 351. The first-order chi connectivity index (χ1) is 6.74. The van der Waals surface area contributed by atoms with E-state index in [1.54, 1.807) is 7.11 Å². The van der Waals surface area contributed by atoms with Crippen LogP contribution in [0.5, 0.6) is 5.75 Å². The average Bonchev–Trinajstić information content (AvgIpc) is 2.18. The average molecular weight is 212 g/mol. The van der Waals surface area contributed by atoms with E-state index in [1.807, 2.05) is 12.1 Å². The number of methoxy groups -OCH3 is 1. The van der Waals surface area contributed by atoms with Gasteiger partial charge in [-0.25, -0.2) is 0 Å². The van der Waals surface area contributed by atoms with Crippen LogP contribution in [0, 0.1) is 0 Å². The Hall–Kier alpha value is -0.730. The van der Waals surface area contributed by atoms with Crippen molar-refractivity contribution in [1.29, 1.82) is 0 Å². The molecule has 0 saturated carbocycles. The van der Waals surface area contributed by atoms with E-state index in [-0.39, 0.29) is 6.04 Å². The highest BCUT2D eigenvalue weighted by molar-refractivity contribution is 6.31. The molecule has 0 bridgehead atoms. The van der Waals surface area contributed by atoms with Crippen LogP contribution in [0.15, 0.2) is 12.1 Å². The molecule has 0 spiro atoms. The Morgan fingerprint density at radius 1 is 1.50 bits per heavy atom. The zero-order valence-electron chi connectivity index (χ0n) is 8.22. The predicted molar refractivity (Wildman–Crippen MR) is 57.9 cm³/mol. The third-order valence-electron chi connectivity index (χ3n) is 2.79. The number of halogens is 1. The van der Waals surface area contributed by atoms with Gasteiger partial charge >= 0.3 is 0 Å². The molecule has 0 fully saturated rings. The SMILES string of the molecule is COc1ccc(Cl)c2c1CCC[C@@H]2N. The van der Waals surface area contributed by atoms with Crippen molar-refractivity contribution < 1.29 is 4.74 Å². The Morgan fingerprint density at radius 2 is 2.29 bits per heavy atom. The summed E-state index contributed by atoms with van der Waals surface area (Å²) in [6.45, 7) is 0. The van der Waals surface area contributed by atoms with Gasteiger partial charge < -0.3 is 10.5 Å². The van der Waals surface area contributed by atoms with Crippen LogP contribution in [0.25, 0.3) is 0 Å². The highest BCUT2D eigenvalue weighted by atomic mass is 35.5. The summed E-state index contributed by atoms with van der Waals surface area (Å²) in [6, 6.07) is 3.85. The molecule has 0 heterocycles. The molecule has 0 amide bonds. The number of hydrogen-bond acceptors (Lipinski definition) is 2. The van der Waals surface area contributed by atoms with Crippen LogP contribution < -0.4 is 10.5 Å². The fourth-order valence-electron chi connectivity index (χ4n) is 2.11. The zero-order chi connectivity index (χ0) is 10.1. The lowest BCUT2D eigenvalue weighted by Crippen LogP contribution is -2.18. The van der Waals surface area contributed by atoms with Crippen molar-refractivity contribution in [2.75, 3.05) is 7.11 Å². The lowest BCUT2D eigenvalue weighted by molar-refractivity contribution is 0.403. The number of hydrogen-bond donors (Lipinski definition) is 1. The van der Waals surface area contributed by atoms with Crippen LogP contribution in [-0.4, -0.2) is 7.11 Å². The first kappa shape index (κ1) is 9.81. The topological polar surface area (TPSA) is 35.2 Å². The van der Waals surface area contributed by atoms with E-state index in [4.69, 9.17) is 22.1 Å². The van der Waals surface area contributed by atoms with E-state index in [0.29, 0.717) is 0 Å². The molecule has 14 heavy (non-hydrogen) atoms. The second-order valence-electron chi connectivity index (χ2n) is 3.64. The fraction of sp³-hybridized carbons (Fsp3) is 0.455. The van der Waals surface area contributed by atoms with E-state index in [9.17, 15) is 0 Å². The molecule has 0 aromatic heterocycles. The summed E-state index contributed by atoms with van der Waals surface area (Å²) in [6.07, 6.45) is 3.15. The summed E-state index contributed by atoms with van der Waals surface area (Å²) in [5.74, 6) is 0.916. The fourth-order valence-corrected chi connectivity index (χ4v) is 2.43. The summed E-state index contributed by atoms with van der Waals surface area (Å²) < 4.78 is 5.30. The summed E-state index contributed by atoms with van der Waals surface area (Å²) in [7, 11) is 1.68. The van der Waals surface area contributed by atoms with Crippen molar-refractivity contribution in [3.63, 3.8) is 0 Å². The van der Waals surface area contributed by atoms with E-state index >= 15 is 0 Å². The minimum atomic E-state index is 0.0707. The summed E-state index contributed by atoms with van der Waals surface area (Å²) in [4.78, 5) is 0. The maximum atomic E-state index is 6.13. The number of fused-ring (bicyclic) bond motifs is 1. The summed E-state index contributed by atoms with van der Waals surface area (Å²) in [5.41, 5.74) is 8.30. The van der Waals surface area contributed by atoms with Crippen LogP contribution in [0.1, 0.15) is 30.0 Å². The Labute approximate surface area is 89.0 Å². The van der Waals surface area contributed by atoms with Crippen molar-refractivity contribution in [2.45, 2.75) is 25.3 Å². The molecule has 0 radical (unpaired) electrons. The minimum absolute atomic E-state index is 0.0707. The molecule has 76 valence electrons. The van der Waals surface area contributed by atoms with E-state index in [1.165, 1.54) is 5.56 Å². The van der Waals surface area contributed by atoms with Crippen LogP contribution in [-0.2, 0) is 6.42 Å². The van der Waals surface area contributed by atoms with Crippen LogP contribution >= 0.6 is 11.6 Å². The lowest BCUT2D eigenvalue weighted by atomic mass is 9.87. The smallest absolute Gasteiger partial charge is 0.122 e. The van der Waals surface area contributed by atoms with Gasteiger partial charge in [0.25, 0.3) is 0 Å². The van der Waals surface area contributed by atoms with E-state index < -0.39 is 0 Å². The predicted octanol–water partition coefficient (Wildman–Crippen LogP) is 2.68. The molecule has 1 aromatic rings. The molecule has 2 rings (SSSR count). The van der Waals surface area contributed by atoms with Gasteiger partial charge in [0, 0.05) is 16.6 Å². The van der Waals surface area contributed by atoms with Gasteiger partial charge in [0.2, 0.25) is 0 Å². The number of nitrogens with two attached hydrogens (primary N) is 1. The molecular weight excluding hydrogens is 198 g/mol. The molecule has 1 aromatic carbocycles. The third-order valence-corrected chi connectivity index (χ3v) is 3.12. The van der Waals surface area contributed by atoms with Gasteiger partial charge in [-0.05, 0) is 37.0 Å². The third kappa shape index (κ3) is 1.49. The van der Waals surface area contributed by atoms with Gasteiger partial charge in [0.05, 0.1) is 7.11 Å².